The quantitative estimate of drug-likeness (QED) is 0.146. The predicted octanol–water partition coefficient (Wildman–Crippen LogP) is 4.19. The van der Waals surface area contributed by atoms with Crippen LogP contribution in [0, 0.1) is 41.7 Å². The number of phenols is 2. The number of Topliss-reactive ketones (excluding diaryl/α,β-unsaturated/α-hetero) is 1. The van der Waals surface area contributed by atoms with E-state index >= 15 is 0 Å². The van der Waals surface area contributed by atoms with Crippen LogP contribution in [0.1, 0.15) is 84.2 Å². The van der Waals surface area contributed by atoms with E-state index in [1.165, 1.54) is 33.3 Å². The zero-order valence-corrected chi connectivity index (χ0v) is 35.6. The van der Waals surface area contributed by atoms with Crippen LogP contribution < -0.4 is 20.8 Å². The van der Waals surface area contributed by atoms with Crippen molar-refractivity contribution in [3.63, 3.8) is 0 Å². The summed E-state index contributed by atoms with van der Waals surface area (Å²) in [6.07, 6.45) is 4.20. The molecule has 4 aliphatic rings. The first-order valence-electron chi connectivity index (χ1n) is 20.5. The van der Waals surface area contributed by atoms with Crippen molar-refractivity contribution in [1.29, 1.82) is 0 Å². The molecule has 1 spiro atoms. The van der Waals surface area contributed by atoms with Crippen molar-refractivity contribution in [2.24, 2.45) is 39.6 Å². The number of benzene rings is 2. The van der Waals surface area contributed by atoms with Crippen LogP contribution >= 0.6 is 0 Å². The van der Waals surface area contributed by atoms with Crippen LogP contribution in [0.5, 0.6) is 17.2 Å². The van der Waals surface area contributed by atoms with Crippen LogP contribution in [0.4, 0.5) is 5.69 Å². The molecule has 0 unspecified atom stereocenters. The highest BCUT2D eigenvalue weighted by Gasteiger charge is 2.50. The minimum absolute atomic E-state index is 0.00723. The Morgan fingerprint density at radius 3 is 2.17 bits per heavy atom. The highest BCUT2D eigenvalue weighted by atomic mass is 16.7. The number of ketones is 1. The molecule has 1 amide bonds. The number of carbonyl (C=O) groups excluding carboxylic acids is 2. The van der Waals surface area contributed by atoms with E-state index in [9.17, 15) is 40.3 Å². The van der Waals surface area contributed by atoms with Crippen molar-refractivity contribution in [3.05, 3.63) is 63.2 Å². The molecule has 0 radical (unpaired) electrons. The zero-order valence-electron chi connectivity index (χ0n) is 35.6. The number of likely N-dealkylation sites (tertiary alicyclic amines) is 1. The number of rotatable bonds is 3. The molecule has 15 nitrogen and oxygen atoms in total. The highest BCUT2D eigenvalue weighted by molar-refractivity contribution is 6.19. The molecule has 0 aliphatic carbocycles. The van der Waals surface area contributed by atoms with E-state index in [0.29, 0.717) is 6.54 Å². The summed E-state index contributed by atoms with van der Waals surface area (Å²) in [6, 6.07) is 0. The fraction of sp³-hybridized carbons (Fsp3) is 0.591. The molecule has 4 bridgehead atoms. The number of amides is 1. The average molecular weight is 821 g/mol. The molecule has 6 rings (SSSR count). The fourth-order valence-electron chi connectivity index (χ4n) is 9.05. The summed E-state index contributed by atoms with van der Waals surface area (Å²) in [5, 5.41) is 74.4. The molecular weight excluding hydrogens is 761 g/mol. The standard InChI is InChI=1S/C44H60N4O11/c1-21(2)20-48(56)17-15-44(16-18-48)46-32-29-30-38(52)27(8)40-31(29)41(54)43(9,59-40)58-19-14-28(57-10)24(5)36(50)26(7)37(51)25(6)35(49)22(3)12-11-13-23(4)42(55)45-34(39(30)53)33(32)47-44/h11-14,19,21-22,24-26,28,35-37,49-53H,15-18,20H2,1-10H3,(H,45,55)/b12-11+,19-14+,23-13-/t22-,24+,25+,26-,28-,35-,36+,37-,43-,44?,48?/m0/s1. The third-order valence-corrected chi connectivity index (χ3v) is 12.9. The van der Waals surface area contributed by atoms with E-state index < -0.39 is 87.4 Å². The fourth-order valence-corrected chi connectivity index (χ4v) is 9.05. The number of anilines is 1. The summed E-state index contributed by atoms with van der Waals surface area (Å²) in [5.74, 6) is -6.37. The van der Waals surface area contributed by atoms with Gasteiger partial charge in [-0.05, 0) is 19.9 Å². The number of nitrogens with one attached hydrogen (secondary N) is 1. The number of nitrogens with zero attached hydrogens (tertiary/aromatic N) is 3. The number of hydrogen-bond donors (Lipinski definition) is 6. The van der Waals surface area contributed by atoms with Crippen LogP contribution in [0.25, 0.3) is 10.8 Å². The Morgan fingerprint density at radius 2 is 1.54 bits per heavy atom. The van der Waals surface area contributed by atoms with Gasteiger partial charge in [0.15, 0.2) is 11.4 Å². The maximum atomic E-state index is 14.6. The number of ether oxygens (including phenoxy) is 3. The van der Waals surface area contributed by atoms with Gasteiger partial charge in [0.1, 0.15) is 22.5 Å². The summed E-state index contributed by atoms with van der Waals surface area (Å²) >= 11 is 0. The summed E-state index contributed by atoms with van der Waals surface area (Å²) in [5.41, 5.74) is -0.916. The molecule has 322 valence electrons. The molecule has 1 fully saturated rings. The molecule has 0 aromatic heterocycles. The molecule has 6 N–H and O–H groups in total. The molecule has 4 aliphatic heterocycles. The number of allylic oxidation sites excluding steroid dienone is 2. The van der Waals surface area contributed by atoms with Crippen LogP contribution in [-0.4, -0.2) is 104 Å². The Labute approximate surface area is 344 Å². The highest BCUT2D eigenvalue weighted by Crippen LogP contribution is 2.50. The monoisotopic (exact) mass is 820 g/mol. The smallest absolute Gasteiger partial charge is 0.312 e. The van der Waals surface area contributed by atoms with Gasteiger partial charge in [-0.3, -0.25) is 19.6 Å². The second-order valence-electron chi connectivity index (χ2n) is 17.8. The number of fused-ring (bicyclic) bond motifs is 1. The molecular formula is C44H60N4O11. The molecule has 2 aromatic rings. The van der Waals surface area contributed by atoms with Gasteiger partial charge in [-0.15, -0.1) is 0 Å². The Morgan fingerprint density at radius 1 is 0.932 bits per heavy atom. The molecule has 15 heteroatoms. The van der Waals surface area contributed by atoms with Gasteiger partial charge >= 0.3 is 5.79 Å². The number of aliphatic hydroxyl groups excluding tert-OH is 3. The second kappa shape index (κ2) is 16.2. The number of methoxy groups -OCH3 is 1. The van der Waals surface area contributed by atoms with E-state index in [2.05, 4.69) is 5.32 Å². The number of hydroxylamine groups is 3. The minimum Gasteiger partial charge on any atom is -0.633 e. The lowest BCUT2D eigenvalue weighted by Gasteiger charge is -2.49. The van der Waals surface area contributed by atoms with Crippen LogP contribution in [0.2, 0.25) is 0 Å². The van der Waals surface area contributed by atoms with Crippen molar-refractivity contribution >= 4 is 28.2 Å². The molecule has 4 heterocycles. The molecule has 2 aromatic carbocycles. The SMILES string of the molecule is CO[C@H]1/C=C/O[C@@]2(C)Oc3c(C)c(O)c4c(O)c(c5c(c4c3C2=O)=NC2(CC[N+]([O-])(CC(C)C)CC2)N=5)NC(=O)/C(C)=C\C=C\[C@H](C)[C@H](O)[C@@H](C)[C@H](O)[C@@H](C)[C@H](O)[C@@H]1C. The number of hydrogen-bond acceptors (Lipinski definition) is 13. The minimum atomic E-state index is -1.97. The third-order valence-electron chi connectivity index (χ3n) is 12.9. The van der Waals surface area contributed by atoms with Gasteiger partial charge in [0, 0.05) is 73.0 Å². The molecule has 1 saturated heterocycles. The van der Waals surface area contributed by atoms with Gasteiger partial charge in [0.2, 0.25) is 0 Å². The van der Waals surface area contributed by atoms with E-state index in [1.807, 2.05) is 13.8 Å². The first kappa shape index (κ1) is 44.2. The topological polar surface area (TPSA) is 223 Å². The van der Waals surface area contributed by atoms with Gasteiger partial charge in [0.05, 0.1) is 66.6 Å². The summed E-state index contributed by atoms with van der Waals surface area (Å²) in [6.45, 7) is 16.3. The number of carbonyl (C=O) groups is 2. The Hall–Kier alpha value is -4.38. The van der Waals surface area contributed by atoms with Crippen LogP contribution in [0.3, 0.4) is 0 Å². The van der Waals surface area contributed by atoms with E-state index in [0.717, 1.165) is 0 Å². The van der Waals surface area contributed by atoms with Gasteiger partial charge in [-0.1, -0.05) is 59.8 Å². The molecule has 9 atom stereocenters. The maximum Gasteiger partial charge on any atom is 0.312 e. The Kier molecular flexibility index (Phi) is 12.2. The largest absolute Gasteiger partial charge is 0.633 e. The molecule has 0 saturated carbocycles. The number of aliphatic hydroxyl groups is 3. The first-order valence-corrected chi connectivity index (χ1v) is 20.5. The molecule has 59 heavy (non-hydrogen) atoms. The Balaban J connectivity index is 1.55. The summed E-state index contributed by atoms with van der Waals surface area (Å²) in [4.78, 5) is 38.6. The Bertz CT molecular complexity index is 2230. The van der Waals surface area contributed by atoms with E-state index in [4.69, 9.17) is 24.2 Å². The van der Waals surface area contributed by atoms with E-state index in [-0.39, 0.29) is 81.5 Å². The lowest BCUT2D eigenvalue weighted by atomic mass is 9.78. The number of aromatic hydroxyl groups is 2. The lowest BCUT2D eigenvalue weighted by molar-refractivity contribution is -0.889. The van der Waals surface area contributed by atoms with Crippen molar-refractivity contribution in [2.75, 3.05) is 32.1 Å². The summed E-state index contributed by atoms with van der Waals surface area (Å²) in [7, 11) is 1.45. The number of piperidine rings is 1. The van der Waals surface area contributed by atoms with Crippen LogP contribution in [-0.2, 0) is 14.3 Å². The van der Waals surface area contributed by atoms with Crippen molar-refractivity contribution < 1.29 is 54.0 Å². The van der Waals surface area contributed by atoms with E-state index in [1.54, 1.807) is 52.8 Å². The number of quaternary nitrogens is 1. The van der Waals surface area contributed by atoms with Crippen molar-refractivity contribution in [1.82, 2.24) is 0 Å². The average Bonchev–Trinajstić information content (AvgIpc) is 3.69. The number of phenolic OH excluding ortho intramolecular Hbond substituents is 2. The second-order valence-corrected chi connectivity index (χ2v) is 17.8. The van der Waals surface area contributed by atoms with Gasteiger partial charge in [-0.2, -0.15) is 0 Å². The van der Waals surface area contributed by atoms with Gasteiger partial charge in [0.25, 0.3) is 11.7 Å². The van der Waals surface area contributed by atoms with Crippen LogP contribution in [0.15, 0.2) is 46.1 Å². The third kappa shape index (κ3) is 7.88. The normalized spacial score (nSPS) is 37.3. The van der Waals surface area contributed by atoms with Crippen molar-refractivity contribution in [2.45, 2.75) is 111 Å². The predicted molar refractivity (Wildman–Crippen MR) is 220 cm³/mol. The summed E-state index contributed by atoms with van der Waals surface area (Å²) < 4.78 is 17.5. The zero-order chi connectivity index (χ0) is 43.5. The van der Waals surface area contributed by atoms with Gasteiger partial charge < -0.3 is 54.9 Å². The van der Waals surface area contributed by atoms with Gasteiger partial charge in [-0.25, -0.2) is 0 Å². The maximum absolute atomic E-state index is 14.6. The van der Waals surface area contributed by atoms with Crippen molar-refractivity contribution in [3.8, 4) is 17.2 Å². The lowest BCUT2D eigenvalue weighted by Crippen LogP contribution is -2.54. The first-order chi connectivity index (χ1) is 27.6.